The van der Waals surface area contributed by atoms with Crippen molar-refractivity contribution in [3.63, 3.8) is 0 Å². The number of β-amino-alcohol motifs (C(OH)–C–C–N with tert-alkyl or cyclic N) is 1. The molecule has 0 aliphatic carbocycles. The molecule has 1 aliphatic heterocycles. The number of hydrogen-bond donors (Lipinski definition) is 1. The topological polar surface area (TPSA) is 32.7 Å². The molecule has 0 saturated carbocycles. The molecule has 1 aliphatic rings. The van der Waals surface area contributed by atoms with Gasteiger partial charge in [0.1, 0.15) is 11.6 Å². The average Bonchev–Trinajstić information content (AvgIpc) is 2.93. The number of aryl methyl sites for hydroxylation is 2. The van der Waals surface area contributed by atoms with E-state index in [0.717, 1.165) is 43.5 Å². The normalized spacial score (nSPS) is 20.8. The molecule has 1 fully saturated rings. The van der Waals surface area contributed by atoms with Crippen molar-refractivity contribution in [2.24, 2.45) is 0 Å². The molecule has 2 atom stereocenters. The molecule has 134 valence electrons. The Kier molecular flexibility index (Phi) is 6.05. The van der Waals surface area contributed by atoms with E-state index in [1.54, 1.807) is 0 Å². The summed E-state index contributed by atoms with van der Waals surface area (Å²) in [5, 5.41) is 9.72. The maximum Gasteiger partial charge on any atom is 0.123 e. The summed E-state index contributed by atoms with van der Waals surface area (Å²) in [6, 6.07) is 15.2. The summed E-state index contributed by atoms with van der Waals surface area (Å²) in [4.78, 5) is 2.20. The highest BCUT2D eigenvalue weighted by atomic mass is 19.1. The first-order valence-corrected chi connectivity index (χ1v) is 8.95. The van der Waals surface area contributed by atoms with Gasteiger partial charge < -0.3 is 14.7 Å². The van der Waals surface area contributed by atoms with Crippen LogP contribution < -0.4 is 4.74 Å². The number of likely N-dealkylation sites (N-methyl/N-ethyl adjacent to an activating group) is 1. The number of hydrogen-bond acceptors (Lipinski definition) is 3. The van der Waals surface area contributed by atoms with Crippen LogP contribution in [0.25, 0.3) is 0 Å². The van der Waals surface area contributed by atoms with Crippen molar-refractivity contribution in [3.05, 3.63) is 65.5 Å². The van der Waals surface area contributed by atoms with Crippen LogP contribution in [0.3, 0.4) is 0 Å². The standard InChI is InChI=1S/C21H26FNO2/c1-23-15-20(24)14-19(23)12-13-25-21-5-3-2-4-17(21)9-6-16-7-10-18(22)11-8-16/h2-5,7-8,10-11,19-20,24H,6,9,12-15H2,1H3/t19-,20-/m1/s1. The summed E-state index contributed by atoms with van der Waals surface area (Å²) < 4.78 is 19.0. The lowest BCUT2D eigenvalue weighted by Gasteiger charge is -2.19. The molecule has 2 aromatic carbocycles. The second-order valence-corrected chi connectivity index (χ2v) is 6.85. The van der Waals surface area contributed by atoms with Crippen molar-refractivity contribution >= 4 is 0 Å². The van der Waals surface area contributed by atoms with E-state index in [2.05, 4.69) is 18.0 Å². The third-order valence-corrected chi connectivity index (χ3v) is 4.94. The van der Waals surface area contributed by atoms with E-state index in [4.69, 9.17) is 4.74 Å². The van der Waals surface area contributed by atoms with Crippen LogP contribution in [-0.2, 0) is 12.8 Å². The van der Waals surface area contributed by atoms with E-state index in [9.17, 15) is 9.50 Å². The molecular weight excluding hydrogens is 317 g/mol. The first-order chi connectivity index (χ1) is 12.1. The predicted octanol–water partition coefficient (Wildman–Crippen LogP) is 3.44. The molecule has 0 aromatic heterocycles. The molecule has 25 heavy (non-hydrogen) atoms. The Hall–Kier alpha value is -1.91. The molecule has 1 saturated heterocycles. The number of halogens is 1. The van der Waals surface area contributed by atoms with Crippen LogP contribution in [0.2, 0.25) is 0 Å². The largest absolute Gasteiger partial charge is 0.493 e. The number of benzene rings is 2. The molecule has 0 spiro atoms. The monoisotopic (exact) mass is 343 g/mol. The molecular formula is C21H26FNO2. The fourth-order valence-corrected chi connectivity index (χ4v) is 3.47. The molecule has 1 N–H and O–H groups in total. The summed E-state index contributed by atoms with van der Waals surface area (Å²) in [6.45, 7) is 1.40. The molecule has 0 bridgehead atoms. The molecule has 3 rings (SSSR count). The second kappa shape index (κ2) is 8.45. The molecule has 2 aromatic rings. The van der Waals surface area contributed by atoms with Gasteiger partial charge in [0, 0.05) is 12.6 Å². The number of aliphatic hydroxyl groups is 1. The zero-order chi connectivity index (χ0) is 17.6. The van der Waals surface area contributed by atoms with E-state index < -0.39 is 0 Å². The molecule has 0 unspecified atom stereocenters. The summed E-state index contributed by atoms with van der Waals surface area (Å²) in [7, 11) is 2.05. The van der Waals surface area contributed by atoms with Crippen LogP contribution in [0, 0.1) is 5.82 Å². The summed E-state index contributed by atoms with van der Waals surface area (Å²) in [6.07, 6.45) is 3.26. The Labute approximate surface area is 149 Å². The van der Waals surface area contributed by atoms with Gasteiger partial charge in [-0.3, -0.25) is 0 Å². The number of aliphatic hydroxyl groups excluding tert-OH is 1. The zero-order valence-corrected chi connectivity index (χ0v) is 14.7. The van der Waals surface area contributed by atoms with Crippen molar-refractivity contribution in [2.75, 3.05) is 20.2 Å². The number of ether oxygens (including phenoxy) is 1. The van der Waals surface area contributed by atoms with Crippen molar-refractivity contribution in [1.82, 2.24) is 4.90 Å². The number of rotatable bonds is 7. The van der Waals surface area contributed by atoms with Crippen LogP contribution in [0.1, 0.15) is 24.0 Å². The van der Waals surface area contributed by atoms with Gasteiger partial charge in [0.2, 0.25) is 0 Å². The van der Waals surface area contributed by atoms with E-state index in [1.807, 2.05) is 30.3 Å². The lowest BCUT2D eigenvalue weighted by atomic mass is 10.0. The Morgan fingerprint density at radius 3 is 2.60 bits per heavy atom. The van der Waals surface area contributed by atoms with Gasteiger partial charge in [-0.2, -0.15) is 0 Å². The Morgan fingerprint density at radius 1 is 1.12 bits per heavy atom. The second-order valence-electron chi connectivity index (χ2n) is 6.85. The molecule has 0 radical (unpaired) electrons. The summed E-state index contributed by atoms with van der Waals surface area (Å²) >= 11 is 0. The highest BCUT2D eigenvalue weighted by molar-refractivity contribution is 5.34. The van der Waals surface area contributed by atoms with Crippen molar-refractivity contribution in [1.29, 1.82) is 0 Å². The smallest absolute Gasteiger partial charge is 0.123 e. The minimum absolute atomic E-state index is 0.200. The van der Waals surface area contributed by atoms with Crippen molar-refractivity contribution in [3.8, 4) is 5.75 Å². The van der Waals surface area contributed by atoms with E-state index in [1.165, 1.54) is 17.7 Å². The lowest BCUT2D eigenvalue weighted by molar-refractivity contribution is 0.182. The molecule has 0 amide bonds. The van der Waals surface area contributed by atoms with E-state index >= 15 is 0 Å². The van der Waals surface area contributed by atoms with Crippen LogP contribution >= 0.6 is 0 Å². The van der Waals surface area contributed by atoms with Crippen molar-refractivity contribution in [2.45, 2.75) is 37.8 Å². The van der Waals surface area contributed by atoms with Gasteiger partial charge >= 0.3 is 0 Å². The molecule has 3 nitrogen and oxygen atoms in total. The van der Waals surface area contributed by atoms with Gasteiger partial charge in [0.15, 0.2) is 0 Å². The number of para-hydroxylation sites is 1. The fraction of sp³-hybridized carbons (Fsp3) is 0.429. The Morgan fingerprint density at radius 2 is 1.88 bits per heavy atom. The van der Waals surface area contributed by atoms with Crippen molar-refractivity contribution < 1.29 is 14.2 Å². The maximum absolute atomic E-state index is 13.0. The van der Waals surface area contributed by atoms with E-state index in [0.29, 0.717) is 12.6 Å². The van der Waals surface area contributed by atoms with Gasteiger partial charge in [-0.15, -0.1) is 0 Å². The maximum atomic E-state index is 13.0. The van der Waals surface area contributed by atoms with Gasteiger partial charge in [-0.25, -0.2) is 4.39 Å². The minimum atomic E-state index is -0.210. The minimum Gasteiger partial charge on any atom is -0.493 e. The zero-order valence-electron chi connectivity index (χ0n) is 14.7. The fourth-order valence-electron chi connectivity index (χ4n) is 3.47. The Bertz CT molecular complexity index is 674. The van der Waals surface area contributed by atoms with E-state index in [-0.39, 0.29) is 11.9 Å². The molecule has 1 heterocycles. The molecule has 4 heteroatoms. The highest BCUT2D eigenvalue weighted by Crippen LogP contribution is 2.22. The van der Waals surface area contributed by atoms with Gasteiger partial charge in [-0.1, -0.05) is 30.3 Å². The van der Waals surface area contributed by atoms with Gasteiger partial charge in [0.05, 0.1) is 12.7 Å². The SMILES string of the molecule is CN1C[C@H](O)C[C@H]1CCOc1ccccc1CCc1ccc(F)cc1. The van der Waals surface area contributed by atoms with Crippen LogP contribution in [-0.4, -0.2) is 42.4 Å². The highest BCUT2D eigenvalue weighted by Gasteiger charge is 2.27. The third-order valence-electron chi connectivity index (χ3n) is 4.94. The van der Waals surface area contributed by atoms with Gasteiger partial charge in [0.25, 0.3) is 0 Å². The quantitative estimate of drug-likeness (QED) is 0.836. The Balaban J connectivity index is 1.52. The first-order valence-electron chi connectivity index (χ1n) is 8.95. The first kappa shape index (κ1) is 17.9. The summed E-state index contributed by atoms with van der Waals surface area (Å²) in [5.74, 6) is 0.722. The van der Waals surface area contributed by atoms with Crippen LogP contribution in [0.5, 0.6) is 5.75 Å². The van der Waals surface area contributed by atoms with Crippen LogP contribution in [0.15, 0.2) is 48.5 Å². The number of likely N-dealkylation sites (tertiary alicyclic amines) is 1. The lowest BCUT2D eigenvalue weighted by Crippen LogP contribution is -2.26. The average molecular weight is 343 g/mol. The van der Waals surface area contributed by atoms with Crippen LogP contribution in [0.4, 0.5) is 4.39 Å². The third kappa shape index (κ3) is 5.03. The number of nitrogens with zero attached hydrogens (tertiary/aromatic N) is 1. The predicted molar refractivity (Wildman–Crippen MR) is 97.4 cm³/mol. The summed E-state index contributed by atoms with van der Waals surface area (Å²) in [5.41, 5.74) is 2.30. The van der Waals surface area contributed by atoms with Gasteiger partial charge in [-0.05, 0) is 62.1 Å².